The summed E-state index contributed by atoms with van der Waals surface area (Å²) in [7, 11) is -3.87. The molecule has 9 heteroatoms. The second-order valence-electron chi connectivity index (χ2n) is 7.31. The van der Waals surface area contributed by atoms with Gasteiger partial charge in [0.25, 0.3) is 10.0 Å². The number of para-hydroxylation sites is 1. The van der Waals surface area contributed by atoms with Crippen molar-refractivity contribution in [2.45, 2.75) is 18.7 Å². The summed E-state index contributed by atoms with van der Waals surface area (Å²) in [6.45, 7) is 4.45. The normalized spacial score (nSPS) is 11.0. The van der Waals surface area contributed by atoms with E-state index < -0.39 is 15.9 Å². The fourth-order valence-electron chi connectivity index (χ4n) is 3.06. The molecule has 0 unspecified atom stereocenters. The molecule has 0 aliphatic heterocycles. The maximum Gasteiger partial charge on any atom is 0.262 e. The summed E-state index contributed by atoms with van der Waals surface area (Å²) < 4.78 is 44.6. The molecule has 0 atom stereocenters. The zero-order chi connectivity index (χ0) is 24.4. The van der Waals surface area contributed by atoms with Crippen molar-refractivity contribution in [3.63, 3.8) is 0 Å². The minimum absolute atomic E-state index is 0.0661. The van der Waals surface area contributed by atoms with Crippen molar-refractivity contribution in [2.75, 3.05) is 36.5 Å². The maximum atomic E-state index is 12.9. The fourth-order valence-corrected chi connectivity index (χ4v) is 4.39. The van der Waals surface area contributed by atoms with Gasteiger partial charge in [0.15, 0.2) is 0 Å². The van der Waals surface area contributed by atoms with E-state index in [0.717, 1.165) is 5.75 Å². The molecule has 0 aliphatic carbocycles. The van der Waals surface area contributed by atoms with Crippen molar-refractivity contribution in [1.82, 2.24) is 0 Å². The highest BCUT2D eigenvalue weighted by Gasteiger charge is 2.18. The fraction of sp³-hybridized carbons (Fsp3) is 0.240. The van der Waals surface area contributed by atoms with Gasteiger partial charge >= 0.3 is 0 Å². The second kappa shape index (κ2) is 12.1. The van der Waals surface area contributed by atoms with E-state index in [4.69, 9.17) is 14.2 Å². The van der Waals surface area contributed by atoms with Crippen LogP contribution in [0.3, 0.4) is 0 Å². The Morgan fingerprint density at radius 2 is 1.53 bits per heavy atom. The predicted octanol–water partition coefficient (Wildman–Crippen LogP) is 4.23. The number of aryl methyl sites for hydroxylation is 1. The molecule has 2 N–H and O–H groups in total. The van der Waals surface area contributed by atoms with Crippen LogP contribution in [0.1, 0.15) is 12.5 Å². The zero-order valence-electron chi connectivity index (χ0n) is 19.1. The molecule has 34 heavy (non-hydrogen) atoms. The average Bonchev–Trinajstić information content (AvgIpc) is 2.82. The van der Waals surface area contributed by atoms with Crippen molar-refractivity contribution in [2.24, 2.45) is 0 Å². The Kier molecular flexibility index (Phi) is 8.89. The summed E-state index contributed by atoms with van der Waals surface area (Å²) in [5, 5.41) is 2.66. The van der Waals surface area contributed by atoms with E-state index in [1.807, 2.05) is 37.3 Å². The minimum atomic E-state index is -3.87. The van der Waals surface area contributed by atoms with Crippen LogP contribution in [0.25, 0.3) is 0 Å². The van der Waals surface area contributed by atoms with E-state index in [2.05, 4.69) is 10.0 Å². The van der Waals surface area contributed by atoms with Crippen molar-refractivity contribution in [3.8, 4) is 11.5 Å². The topological polar surface area (TPSA) is 103 Å². The third-order valence-corrected chi connectivity index (χ3v) is 6.18. The lowest BCUT2D eigenvalue weighted by Crippen LogP contribution is -2.21. The molecule has 0 radical (unpaired) electrons. The number of benzene rings is 3. The smallest absolute Gasteiger partial charge is 0.262 e. The maximum absolute atomic E-state index is 12.9. The van der Waals surface area contributed by atoms with E-state index in [1.165, 1.54) is 6.07 Å². The van der Waals surface area contributed by atoms with E-state index in [9.17, 15) is 13.2 Å². The van der Waals surface area contributed by atoms with Crippen LogP contribution in [0.2, 0.25) is 0 Å². The highest BCUT2D eigenvalue weighted by molar-refractivity contribution is 7.92. The summed E-state index contributed by atoms with van der Waals surface area (Å²) in [5.41, 5.74) is 1.31. The van der Waals surface area contributed by atoms with Gasteiger partial charge in [-0.2, -0.15) is 0 Å². The van der Waals surface area contributed by atoms with Crippen molar-refractivity contribution in [3.05, 3.63) is 78.4 Å². The standard InChI is InChI=1S/C25H28N2O6S/c1-3-32-23-13-11-20(12-14-23)27-34(29,30)24-17-21(10-9-19(24)2)26-25(28)18-31-15-16-33-22-7-5-4-6-8-22/h4-14,17,27H,3,15-16,18H2,1-2H3,(H,26,28). The van der Waals surface area contributed by atoms with E-state index in [-0.39, 0.29) is 18.1 Å². The minimum Gasteiger partial charge on any atom is -0.494 e. The van der Waals surface area contributed by atoms with Gasteiger partial charge in [-0.3, -0.25) is 9.52 Å². The lowest BCUT2D eigenvalue weighted by Gasteiger charge is -2.13. The number of anilines is 2. The first-order valence-corrected chi connectivity index (χ1v) is 12.3. The molecule has 0 fully saturated rings. The molecule has 0 spiro atoms. The highest BCUT2D eigenvalue weighted by atomic mass is 32.2. The molecule has 0 aromatic heterocycles. The Labute approximate surface area is 199 Å². The number of amides is 1. The molecule has 3 aromatic carbocycles. The van der Waals surface area contributed by atoms with Crippen LogP contribution in [-0.2, 0) is 19.6 Å². The summed E-state index contributed by atoms with van der Waals surface area (Å²) in [5.74, 6) is 0.981. The van der Waals surface area contributed by atoms with Gasteiger partial charge in [0, 0.05) is 11.4 Å². The van der Waals surface area contributed by atoms with Crippen LogP contribution in [0.15, 0.2) is 77.7 Å². The number of nitrogens with one attached hydrogen (secondary N) is 2. The van der Waals surface area contributed by atoms with Gasteiger partial charge < -0.3 is 19.5 Å². The average molecular weight is 485 g/mol. The quantitative estimate of drug-likeness (QED) is 0.373. The van der Waals surface area contributed by atoms with Gasteiger partial charge in [0.1, 0.15) is 24.7 Å². The Morgan fingerprint density at radius 3 is 2.24 bits per heavy atom. The molecule has 0 aliphatic rings. The van der Waals surface area contributed by atoms with Crippen molar-refractivity contribution in [1.29, 1.82) is 0 Å². The molecule has 0 saturated heterocycles. The third kappa shape index (κ3) is 7.50. The molecule has 180 valence electrons. The lowest BCUT2D eigenvalue weighted by molar-refractivity contribution is -0.120. The van der Waals surface area contributed by atoms with E-state index in [0.29, 0.717) is 35.9 Å². The summed E-state index contributed by atoms with van der Waals surface area (Å²) in [4.78, 5) is 12.3. The number of hydrogen-bond acceptors (Lipinski definition) is 6. The van der Waals surface area contributed by atoms with Crippen molar-refractivity contribution < 1.29 is 27.4 Å². The first-order chi connectivity index (χ1) is 16.4. The lowest BCUT2D eigenvalue weighted by atomic mass is 10.2. The van der Waals surface area contributed by atoms with Crippen LogP contribution in [0.5, 0.6) is 11.5 Å². The highest BCUT2D eigenvalue weighted by Crippen LogP contribution is 2.24. The van der Waals surface area contributed by atoms with Gasteiger partial charge in [-0.25, -0.2) is 8.42 Å². The van der Waals surface area contributed by atoms with Gasteiger partial charge in [0.05, 0.1) is 18.1 Å². The SMILES string of the molecule is CCOc1ccc(NS(=O)(=O)c2cc(NC(=O)COCCOc3ccccc3)ccc2C)cc1. The largest absolute Gasteiger partial charge is 0.494 e. The predicted molar refractivity (Wildman–Crippen MR) is 131 cm³/mol. The van der Waals surface area contributed by atoms with Gasteiger partial charge in [-0.1, -0.05) is 24.3 Å². The molecule has 0 bridgehead atoms. The van der Waals surface area contributed by atoms with Gasteiger partial charge in [-0.05, 0) is 67.9 Å². The van der Waals surface area contributed by atoms with E-state index in [1.54, 1.807) is 43.3 Å². The Hall–Kier alpha value is -3.56. The van der Waals surface area contributed by atoms with Crippen LogP contribution in [0, 0.1) is 6.92 Å². The van der Waals surface area contributed by atoms with Crippen LogP contribution in [-0.4, -0.2) is 40.8 Å². The first kappa shape index (κ1) is 25.1. The monoisotopic (exact) mass is 484 g/mol. The van der Waals surface area contributed by atoms with E-state index >= 15 is 0 Å². The number of rotatable bonds is 12. The molecule has 0 saturated carbocycles. The van der Waals surface area contributed by atoms with Crippen molar-refractivity contribution >= 4 is 27.3 Å². The van der Waals surface area contributed by atoms with Crippen LogP contribution in [0.4, 0.5) is 11.4 Å². The molecule has 3 rings (SSSR count). The molecule has 3 aromatic rings. The number of hydrogen-bond donors (Lipinski definition) is 2. The van der Waals surface area contributed by atoms with Gasteiger partial charge in [0.2, 0.25) is 5.91 Å². The summed E-state index contributed by atoms with van der Waals surface area (Å²) in [6.07, 6.45) is 0. The summed E-state index contributed by atoms with van der Waals surface area (Å²) >= 11 is 0. The Bertz CT molecular complexity index is 1180. The molecule has 0 heterocycles. The number of carbonyl (C=O) groups is 1. The van der Waals surface area contributed by atoms with Crippen LogP contribution >= 0.6 is 0 Å². The molecular formula is C25H28N2O6S. The summed E-state index contributed by atoms with van der Waals surface area (Å²) in [6, 6.07) is 20.6. The number of sulfonamides is 1. The Morgan fingerprint density at radius 1 is 0.853 bits per heavy atom. The third-order valence-electron chi connectivity index (χ3n) is 4.65. The number of ether oxygens (including phenoxy) is 3. The van der Waals surface area contributed by atoms with Gasteiger partial charge in [-0.15, -0.1) is 0 Å². The first-order valence-electron chi connectivity index (χ1n) is 10.8. The molecular weight excluding hydrogens is 456 g/mol. The molecule has 1 amide bonds. The number of carbonyl (C=O) groups excluding carboxylic acids is 1. The second-order valence-corrected chi connectivity index (χ2v) is 8.96. The zero-order valence-corrected chi connectivity index (χ0v) is 19.9. The molecule has 8 nitrogen and oxygen atoms in total. The Balaban J connectivity index is 1.54. The van der Waals surface area contributed by atoms with Crippen LogP contribution < -0.4 is 19.5 Å².